The highest BCUT2D eigenvalue weighted by Gasteiger charge is 2.48. The molecule has 4 saturated carbocycles. The second kappa shape index (κ2) is 4.79. The topological polar surface area (TPSA) is 26.3 Å². The smallest absolute Gasteiger partial charge is 0.306 e. The molecule has 0 atom stereocenters. The first-order chi connectivity index (χ1) is 8.97. The summed E-state index contributed by atoms with van der Waals surface area (Å²) in [6, 6.07) is 0. The summed E-state index contributed by atoms with van der Waals surface area (Å²) in [6.45, 7) is 6.11. The monoisotopic (exact) mass is 264 g/mol. The minimum Gasteiger partial charge on any atom is -0.460 e. The van der Waals surface area contributed by atoms with Gasteiger partial charge in [-0.15, -0.1) is 0 Å². The maximum atomic E-state index is 12.2. The molecule has 0 aliphatic heterocycles. The zero-order chi connectivity index (χ0) is 13.6. The van der Waals surface area contributed by atoms with Crippen LogP contribution in [0.15, 0.2) is 0 Å². The summed E-state index contributed by atoms with van der Waals surface area (Å²) in [5.74, 6) is 4.31. The molecular weight excluding hydrogens is 236 g/mol. The number of carbonyl (C=O) groups is 1. The molecule has 0 unspecified atom stereocenters. The molecule has 4 aliphatic carbocycles. The van der Waals surface area contributed by atoms with Gasteiger partial charge in [0.15, 0.2) is 0 Å². The van der Waals surface area contributed by atoms with Crippen molar-refractivity contribution in [2.45, 2.75) is 71.3 Å². The molecule has 0 spiro atoms. The number of hydrogen-bond acceptors (Lipinski definition) is 2. The van der Waals surface area contributed by atoms with Crippen molar-refractivity contribution in [1.82, 2.24) is 0 Å². The fraction of sp³-hybridized carbons (Fsp3) is 0.941. The molecule has 4 bridgehead atoms. The van der Waals surface area contributed by atoms with Gasteiger partial charge in [0.05, 0.1) is 0 Å². The summed E-state index contributed by atoms with van der Waals surface area (Å²) in [6.07, 6.45) is 8.61. The zero-order valence-corrected chi connectivity index (χ0v) is 12.7. The van der Waals surface area contributed by atoms with E-state index < -0.39 is 0 Å². The van der Waals surface area contributed by atoms with Gasteiger partial charge in [0.1, 0.15) is 5.60 Å². The predicted octanol–water partition coefficient (Wildman–Crippen LogP) is 4.18. The van der Waals surface area contributed by atoms with Gasteiger partial charge in [0.2, 0.25) is 0 Å². The van der Waals surface area contributed by atoms with Crippen molar-refractivity contribution < 1.29 is 9.53 Å². The molecular formula is C17H28O2. The summed E-state index contributed by atoms with van der Waals surface area (Å²) in [4.78, 5) is 12.2. The van der Waals surface area contributed by atoms with Crippen LogP contribution in [0.5, 0.6) is 0 Å². The second-order valence-electron chi connectivity index (χ2n) is 7.89. The van der Waals surface area contributed by atoms with Crippen LogP contribution in [0, 0.1) is 29.6 Å². The van der Waals surface area contributed by atoms with E-state index in [2.05, 4.69) is 6.92 Å². The average molecular weight is 264 g/mol. The normalized spacial score (nSPS) is 40.5. The first-order valence-electron chi connectivity index (χ1n) is 8.18. The number of rotatable bonds is 4. The van der Waals surface area contributed by atoms with Crippen molar-refractivity contribution in [2.75, 3.05) is 0 Å². The summed E-state index contributed by atoms with van der Waals surface area (Å²) in [5, 5.41) is 0. The summed E-state index contributed by atoms with van der Waals surface area (Å²) in [5.41, 5.74) is -0.289. The SMILES string of the molecule is CCC(C)(C)OC(=O)CC1C2CC3CC(C2)CC1C3. The molecule has 4 rings (SSSR count). The third-order valence-corrected chi connectivity index (χ3v) is 6.07. The van der Waals surface area contributed by atoms with E-state index in [-0.39, 0.29) is 11.6 Å². The van der Waals surface area contributed by atoms with Crippen molar-refractivity contribution >= 4 is 5.97 Å². The van der Waals surface area contributed by atoms with E-state index in [0.717, 1.165) is 30.1 Å². The minimum atomic E-state index is -0.289. The van der Waals surface area contributed by atoms with Crippen LogP contribution >= 0.6 is 0 Å². The molecule has 2 heteroatoms. The van der Waals surface area contributed by atoms with Crippen LogP contribution < -0.4 is 0 Å². The fourth-order valence-electron chi connectivity index (χ4n) is 4.99. The first-order valence-corrected chi connectivity index (χ1v) is 8.18. The molecule has 108 valence electrons. The third-order valence-electron chi connectivity index (χ3n) is 6.07. The van der Waals surface area contributed by atoms with E-state index >= 15 is 0 Å². The summed E-state index contributed by atoms with van der Waals surface area (Å²) >= 11 is 0. The summed E-state index contributed by atoms with van der Waals surface area (Å²) in [7, 11) is 0. The Morgan fingerprint density at radius 2 is 1.58 bits per heavy atom. The Morgan fingerprint density at radius 1 is 1.05 bits per heavy atom. The third kappa shape index (κ3) is 2.68. The Bertz CT molecular complexity index is 330. The number of carbonyl (C=O) groups excluding carboxylic acids is 1. The minimum absolute atomic E-state index is 0.0457. The van der Waals surface area contributed by atoms with E-state index in [1.807, 2.05) is 13.8 Å². The molecule has 0 amide bonds. The Kier molecular flexibility index (Phi) is 3.39. The van der Waals surface area contributed by atoms with Gasteiger partial charge in [0.25, 0.3) is 0 Å². The van der Waals surface area contributed by atoms with E-state index in [1.54, 1.807) is 0 Å². The van der Waals surface area contributed by atoms with E-state index in [1.165, 1.54) is 32.1 Å². The van der Waals surface area contributed by atoms with Crippen LogP contribution in [-0.2, 0) is 9.53 Å². The Morgan fingerprint density at radius 3 is 2.05 bits per heavy atom. The average Bonchev–Trinajstić information content (AvgIpc) is 2.32. The Balaban J connectivity index is 1.60. The van der Waals surface area contributed by atoms with Crippen molar-refractivity contribution in [3.8, 4) is 0 Å². The molecule has 4 aliphatic rings. The lowest BCUT2D eigenvalue weighted by molar-refractivity contribution is -0.161. The fourth-order valence-corrected chi connectivity index (χ4v) is 4.99. The largest absolute Gasteiger partial charge is 0.460 e. The highest BCUT2D eigenvalue weighted by molar-refractivity contribution is 5.70. The lowest BCUT2D eigenvalue weighted by Gasteiger charge is -2.54. The van der Waals surface area contributed by atoms with Crippen LogP contribution in [0.25, 0.3) is 0 Å². The number of esters is 1. The van der Waals surface area contributed by atoms with Gasteiger partial charge in [0, 0.05) is 6.42 Å². The number of hydrogen-bond donors (Lipinski definition) is 0. The van der Waals surface area contributed by atoms with Crippen LogP contribution in [-0.4, -0.2) is 11.6 Å². The maximum absolute atomic E-state index is 12.2. The van der Waals surface area contributed by atoms with Crippen LogP contribution in [0.2, 0.25) is 0 Å². The maximum Gasteiger partial charge on any atom is 0.306 e. The molecule has 2 nitrogen and oxygen atoms in total. The molecule has 0 radical (unpaired) electrons. The molecule has 0 saturated heterocycles. The highest BCUT2D eigenvalue weighted by atomic mass is 16.6. The standard InChI is InChI=1S/C17H28O2/c1-4-17(2,3)19-16(18)10-15-13-6-11-5-12(8-13)9-14(15)7-11/h11-15H,4-10H2,1-3H3. The first kappa shape index (κ1) is 13.5. The van der Waals surface area contributed by atoms with Crippen molar-refractivity contribution in [3.05, 3.63) is 0 Å². The Labute approximate surface area is 117 Å². The van der Waals surface area contributed by atoms with Gasteiger partial charge < -0.3 is 4.74 Å². The quantitative estimate of drug-likeness (QED) is 0.712. The zero-order valence-electron chi connectivity index (χ0n) is 12.7. The Hall–Kier alpha value is -0.530. The van der Waals surface area contributed by atoms with E-state index in [4.69, 9.17) is 4.74 Å². The predicted molar refractivity (Wildman–Crippen MR) is 75.6 cm³/mol. The van der Waals surface area contributed by atoms with Gasteiger partial charge in [-0.25, -0.2) is 0 Å². The molecule has 4 fully saturated rings. The highest BCUT2D eigenvalue weighted by Crippen LogP contribution is 2.57. The van der Waals surface area contributed by atoms with Crippen molar-refractivity contribution in [1.29, 1.82) is 0 Å². The van der Waals surface area contributed by atoms with Gasteiger partial charge in [-0.3, -0.25) is 4.79 Å². The van der Waals surface area contributed by atoms with Gasteiger partial charge >= 0.3 is 5.97 Å². The van der Waals surface area contributed by atoms with Gasteiger partial charge in [-0.05, 0) is 82.0 Å². The van der Waals surface area contributed by atoms with Crippen LogP contribution in [0.4, 0.5) is 0 Å². The number of ether oxygens (including phenoxy) is 1. The van der Waals surface area contributed by atoms with Crippen molar-refractivity contribution in [3.63, 3.8) is 0 Å². The molecule has 0 aromatic rings. The summed E-state index contributed by atoms with van der Waals surface area (Å²) < 4.78 is 5.65. The van der Waals surface area contributed by atoms with E-state index in [0.29, 0.717) is 12.3 Å². The van der Waals surface area contributed by atoms with Crippen LogP contribution in [0.3, 0.4) is 0 Å². The lowest BCUT2D eigenvalue weighted by atomic mass is 9.51. The van der Waals surface area contributed by atoms with E-state index in [9.17, 15) is 4.79 Å². The van der Waals surface area contributed by atoms with Crippen molar-refractivity contribution in [2.24, 2.45) is 29.6 Å². The molecule has 0 aromatic carbocycles. The van der Waals surface area contributed by atoms with Crippen LogP contribution in [0.1, 0.15) is 65.7 Å². The molecule has 19 heavy (non-hydrogen) atoms. The molecule has 0 N–H and O–H groups in total. The lowest BCUT2D eigenvalue weighted by Crippen LogP contribution is -2.46. The van der Waals surface area contributed by atoms with Gasteiger partial charge in [-0.1, -0.05) is 6.92 Å². The van der Waals surface area contributed by atoms with Gasteiger partial charge in [-0.2, -0.15) is 0 Å². The molecule has 0 heterocycles. The molecule has 0 aromatic heterocycles. The second-order valence-corrected chi connectivity index (χ2v) is 7.89.